The Hall–Kier alpha value is -0.995. The van der Waals surface area contributed by atoms with E-state index in [0.29, 0.717) is 0 Å². The molecule has 0 unspecified atom stereocenters. The van der Waals surface area contributed by atoms with Crippen LogP contribution in [-0.4, -0.2) is 25.4 Å². The zero-order chi connectivity index (χ0) is 14.4. The molecule has 1 fully saturated rings. The van der Waals surface area contributed by atoms with E-state index in [-0.39, 0.29) is 18.3 Å². The lowest BCUT2D eigenvalue weighted by Gasteiger charge is -2.32. The van der Waals surface area contributed by atoms with E-state index in [4.69, 9.17) is 14.0 Å². The summed E-state index contributed by atoms with van der Waals surface area (Å²) in [6.45, 7) is 12.4. The van der Waals surface area contributed by atoms with Gasteiger partial charge in [0.1, 0.15) is 5.75 Å². The Bertz CT molecular complexity index is 478. The van der Waals surface area contributed by atoms with Crippen molar-refractivity contribution in [2.24, 2.45) is 0 Å². The van der Waals surface area contributed by atoms with Crippen molar-refractivity contribution in [2.75, 3.05) is 7.11 Å². The summed E-state index contributed by atoms with van der Waals surface area (Å²) in [5.41, 5.74) is 2.70. The molecule has 4 heteroatoms. The van der Waals surface area contributed by atoms with Crippen molar-refractivity contribution in [1.29, 1.82) is 0 Å². The van der Waals surface area contributed by atoms with Crippen molar-refractivity contribution in [3.8, 4) is 5.75 Å². The molecule has 1 saturated heterocycles. The second kappa shape index (κ2) is 4.53. The van der Waals surface area contributed by atoms with Crippen molar-refractivity contribution in [3.63, 3.8) is 0 Å². The minimum absolute atomic E-state index is 0.317. The number of benzene rings is 1. The number of rotatable bonds is 2. The van der Waals surface area contributed by atoms with Gasteiger partial charge in [0.05, 0.1) is 18.3 Å². The van der Waals surface area contributed by atoms with Gasteiger partial charge in [0, 0.05) is 0 Å². The van der Waals surface area contributed by atoms with Gasteiger partial charge in [0.2, 0.25) is 0 Å². The van der Waals surface area contributed by atoms with Gasteiger partial charge in [-0.1, -0.05) is 11.6 Å². The lowest BCUT2D eigenvalue weighted by atomic mass is 9.75. The van der Waals surface area contributed by atoms with Crippen LogP contribution in [0.25, 0.3) is 0 Å². The Kier molecular flexibility index (Phi) is 3.44. The van der Waals surface area contributed by atoms with E-state index in [1.54, 1.807) is 7.11 Å². The molecule has 19 heavy (non-hydrogen) atoms. The molecule has 3 nitrogen and oxygen atoms in total. The lowest BCUT2D eigenvalue weighted by Crippen LogP contribution is -2.41. The molecule has 0 atom stereocenters. The van der Waals surface area contributed by atoms with Crippen molar-refractivity contribution in [3.05, 3.63) is 23.3 Å². The molecule has 1 heterocycles. The van der Waals surface area contributed by atoms with Gasteiger partial charge < -0.3 is 14.0 Å². The SMILES string of the molecule is COc1cc(B2OC(C)(C)C(C)(C)O2)c(C)cc1C. The third-order valence-corrected chi connectivity index (χ3v) is 4.29. The first kappa shape index (κ1) is 14.4. The molecule has 0 aliphatic carbocycles. The van der Waals surface area contributed by atoms with Gasteiger partial charge in [-0.3, -0.25) is 0 Å². The number of ether oxygens (including phenoxy) is 1. The Morgan fingerprint density at radius 2 is 1.47 bits per heavy atom. The number of hydrogen-bond donors (Lipinski definition) is 0. The summed E-state index contributed by atoms with van der Waals surface area (Å²) < 4.78 is 17.6. The van der Waals surface area contributed by atoms with E-state index < -0.39 is 0 Å². The molecule has 1 aromatic carbocycles. The highest BCUT2D eigenvalue weighted by atomic mass is 16.7. The highest BCUT2D eigenvalue weighted by Gasteiger charge is 2.52. The Morgan fingerprint density at radius 1 is 0.947 bits per heavy atom. The molecule has 0 amide bonds. The van der Waals surface area contributed by atoms with E-state index in [1.165, 1.54) is 0 Å². The smallest absolute Gasteiger partial charge is 0.495 e. The van der Waals surface area contributed by atoms with Gasteiger partial charge in [-0.25, -0.2) is 0 Å². The molecule has 104 valence electrons. The summed E-state index contributed by atoms with van der Waals surface area (Å²) in [6, 6.07) is 4.13. The minimum Gasteiger partial charge on any atom is -0.497 e. The Morgan fingerprint density at radius 3 is 1.95 bits per heavy atom. The molecule has 0 radical (unpaired) electrons. The van der Waals surface area contributed by atoms with Gasteiger partial charge in [-0.2, -0.15) is 0 Å². The first-order chi connectivity index (χ1) is 8.68. The minimum atomic E-state index is -0.334. The summed E-state index contributed by atoms with van der Waals surface area (Å²) in [5, 5.41) is 0. The highest BCUT2D eigenvalue weighted by Crippen LogP contribution is 2.37. The standard InChI is InChI=1S/C15H23BO3/c1-10-8-11(2)13(17-7)9-12(10)16-18-14(3,4)15(5,6)19-16/h8-9H,1-7H3. The van der Waals surface area contributed by atoms with Gasteiger partial charge in [0.25, 0.3) is 0 Å². The highest BCUT2D eigenvalue weighted by molar-refractivity contribution is 6.62. The topological polar surface area (TPSA) is 27.7 Å². The predicted octanol–water partition coefficient (Wildman–Crippen LogP) is 2.61. The molecule has 0 saturated carbocycles. The molecule has 0 aromatic heterocycles. The second-order valence-electron chi connectivity index (χ2n) is 6.27. The van der Waals surface area contributed by atoms with Crippen LogP contribution in [0, 0.1) is 13.8 Å². The van der Waals surface area contributed by atoms with Crippen molar-refractivity contribution < 1.29 is 14.0 Å². The fourth-order valence-corrected chi connectivity index (χ4v) is 2.29. The third-order valence-electron chi connectivity index (χ3n) is 4.29. The summed E-state index contributed by atoms with van der Waals surface area (Å²) in [7, 11) is 1.35. The van der Waals surface area contributed by atoms with Gasteiger partial charge >= 0.3 is 7.12 Å². The summed E-state index contributed by atoms with van der Waals surface area (Å²) in [5.74, 6) is 0.871. The van der Waals surface area contributed by atoms with Crippen LogP contribution in [0.1, 0.15) is 38.8 Å². The fraction of sp³-hybridized carbons (Fsp3) is 0.600. The Labute approximate surface area is 116 Å². The molecule has 1 aromatic rings. The van der Waals surface area contributed by atoms with Crippen LogP contribution in [0.2, 0.25) is 0 Å². The van der Waals surface area contributed by atoms with Crippen LogP contribution in [0.3, 0.4) is 0 Å². The van der Waals surface area contributed by atoms with Crippen molar-refractivity contribution >= 4 is 12.6 Å². The predicted molar refractivity (Wildman–Crippen MR) is 78.2 cm³/mol. The average Bonchev–Trinajstić information content (AvgIpc) is 2.48. The third kappa shape index (κ3) is 2.39. The van der Waals surface area contributed by atoms with Crippen molar-refractivity contribution in [1.82, 2.24) is 0 Å². The maximum Gasteiger partial charge on any atom is 0.495 e. The van der Waals surface area contributed by atoms with Crippen LogP contribution in [0.4, 0.5) is 0 Å². The fourth-order valence-electron chi connectivity index (χ4n) is 2.29. The van der Waals surface area contributed by atoms with E-state index in [9.17, 15) is 0 Å². The van der Waals surface area contributed by atoms with Gasteiger partial charge in [-0.15, -0.1) is 0 Å². The first-order valence-corrected chi connectivity index (χ1v) is 6.69. The average molecular weight is 262 g/mol. The molecule has 1 aliphatic heterocycles. The van der Waals surface area contributed by atoms with Crippen LogP contribution < -0.4 is 10.2 Å². The van der Waals surface area contributed by atoms with E-state index in [1.807, 2.05) is 13.0 Å². The largest absolute Gasteiger partial charge is 0.497 e. The van der Waals surface area contributed by atoms with Crippen LogP contribution in [-0.2, 0) is 9.31 Å². The maximum absolute atomic E-state index is 6.09. The Balaban J connectivity index is 2.39. The molecule has 1 aliphatic rings. The van der Waals surface area contributed by atoms with E-state index in [0.717, 1.165) is 22.3 Å². The van der Waals surface area contributed by atoms with Crippen LogP contribution >= 0.6 is 0 Å². The van der Waals surface area contributed by atoms with Crippen LogP contribution in [0.5, 0.6) is 5.75 Å². The quantitative estimate of drug-likeness (QED) is 0.767. The zero-order valence-electron chi connectivity index (χ0n) is 13.0. The normalized spacial score (nSPS) is 20.7. The van der Waals surface area contributed by atoms with Gasteiger partial charge in [0.15, 0.2) is 0 Å². The number of methoxy groups -OCH3 is 1. The number of hydrogen-bond acceptors (Lipinski definition) is 3. The summed E-state index contributed by atoms with van der Waals surface area (Å²) >= 11 is 0. The van der Waals surface area contributed by atoms with Gasteiger partial charge in [-0.05, 0) is 58.6 Å². The summed E-state index contributed by atoms with van der Waals surface area (Å²) in [4.78, 5) is 0. The summed E-state index contributed by atoms with van der Waals surface area (Å²) in [6.07, 6.45) is 0. The second-order valence-corrected chi connectivity index (χ2v) is 6.27. The maximum atomic E-state index is 6.09. The van der Waals surface area contributed by atoms with E-state index >= 15 is 0 Å². The molecule has 0 bridgehead atoms. The lowest BCUT2D eigenvalue weighted by molar-refractivity contribution is 0.00578. The molecular weight excluding hydrogens is 239 g/mol. The first-order valence-electron chi connectivity index (χ1n) is 6.69. The molecule has 0 N–H and O–H groups in total. The number of aryl methyl sites for hydroxylation is 2. The molecule has 2 rings (SSSR count). The molecule has 0 spiro atoms. The van der Waals surface area contributed by atoms with Crippen molar-refractivity contribution in [2.45, 2.75) is 52.7 Å². The monoisotopic (exact) mass is 262 g/mol. The van der Waals surface area contributed by atoms with Crippen LogP contribution in [0.15, 0.2) is 12.1 Å². The molecular formula is C15H23BO3. The zero-order valence-corrected chi connectivity index (χ0v) is 13.0. The van der Waals surface area contributed by atoms with E-state index in [2.05, 4.69) is 40.7 Å².